The highest BCUT2D eigenvalue weighted by molar-refractivity contribution is 5.12. The Hall–Kier alpha value is -0.830. The minimum Gasteiger partial charge on any atom is -0.314 e. The molecule has 3 nitrogen and oxygen atoms in total. The molecule has 1 fully saturated rings. The largest absolute Gasteiger partial charge is 0.314 e. The topological polar surface area (TPSA) is 29.9 Å². The number of aryl methyl sites for hydroxylation is 1. The lowest BCUT2D eigenvalue weighted by Gasteiger charge is -2.42. The van der Waals surface area contributed by atoms with E-state index >= 15 is 0 Å². The van der Waals surface area contributed by atoms with Gasteiger partial charge < -0.3 is 5.32 Å². The Bertz CT molecular complexity index is 442. The highest BCUT2D eigenvalue weighted by Gasteiger charge is 2.37. The molecule has 0 aliphatic heterocycles. The van der Waals surface area contributed by atoms with Crippen LogP contribution in [-0.4, -0.2) is 22.4 Å². The molecule has 0 amide bonds. The smallest absolute Gasteiger partial charge is 0.0492 e. The molecule has 3 atom stereocenters. The lowest BCUT2D eigenvalue weighted by molar-refractivity contribution is 0.125. The van der Waals surface area contributed by atoms with E-state index in [0.29, 0.717) is 17.4 Å². The van der Waals surface area contributed by atoms with E-state index < -0.39 is 0 Å². The Kier molecular flexibility index (Phi) is 5.13. The predicted octanol–water partition coefficient (Wildman–Crippen LogP) is 3.96. The summed E-state index contributed by atoms with van der Waals surface area (Å²) in [5, 5.41) is 8.06. The third kappa shape index (κ3) is 4.09. The van der Waals surface area contributed by atoms with Crippen LogP contribution < -0.4 is 5.32 Å². The van der Waals surface area contributed by atoms with Crippen LogP contribution >= 0.6 is 0 Å². The van der Waals surface area contributed by atoms with Gasteiger partial charge in [-0.3, -0.25) is 4.68 Å². The summed E-state index contributed by atoms with van der Waals surface area (Å²) in [5.74, 6) is 2.19. The molecule has 0 aromatic carbocycles. The van der Waals surface area contributed by atoms with Gasteiger partial charge in [0.2, 0.25) is 0 Å². The molecular weight excluding hydrogens is 258 g/mol. The third-order valence-corrected chi connectivity index (χ3v) is 5.25. The maximum atomic E-state index is 4.40. The van der Waals surface area contributed by atoms with Crippen LogP contribution in [-0.2, 0) is 7.05 Å². The molecule has 1 aliphatic carbocycles. The second-order valence-electron chi connectivity index (χ2n) is 8.19. The van der Waals surface area contributed by atoms with Gasteiger partial charge in [0.15, 0.2) is 0 Å². The zero-order valence-electron chi connectivity index (χ0n) is 14.7. The Morgan fingerprint density at radius 1 is 1.33 bits per heavy atom. The first-order valence-electron chi connectivity index (χ1n) is 8.50. The van der Waals surface area contributed by atoms with Crippen LogP contribution in [0.15, 0.2) is 12.3 Å². The van der Waals surface area contributed by atoms with Crippen molar-refractivity contribution in [1.82, 2.24) is 15.1 Å². The molecule has 21 heavy (non-hydrogen) atoms. The molecule has 3 heteroatoms. The standard InChI is InChI=1S/C18H33N3/c1-13(2)19-12-14-7-8-15(18(3,4)5)11-16(14)17-9-10-20-21(17)6/h9-10,13-16,19H,7-8,11-12H2,1-6H3. The average molecular weight is 291 g/mol. The predicted molar refractivity (Wildman–Crippen MR) is 89.4 cm³/mol. The first kappa shape index (κ1) is 16.5. The Labute approximate surface area is 130 Å². The number of rotatable bonds is 4. The summed E-state index contributed by atoms with van der Waals surface area (Å²) in [7, 11) is 2.09. The van der Waals surface area contributed by atoms with Gasteiger partial charge in [-0.15, -0.1) is 0 Å². The Balaban J connectivity index is 2.16. The van der Waals surface area contributed by atoms with Crippen molar-refractivity contribution in [3.63, 3.8) is 0 Å². The van der Waals surface area contributed by atoms with E-state index in [4.69, 9.17) is 0 Å². The highest BCUT2D eigenvalue weighted by atomic mass is 15.3. The summed E-state index contributed by atoms with van der Waals surface area (Å²) < 4.78 is 2.08. The van der Waals surface area contributed by atoms with Crippen molar-refractivity contribution < 1.29 is 0 Å². The van der Waals surface area contributed by atoms with E-state index in [0.717, 1.165) is 18.4 Å². The normalized spacial score (nSPS) is 27.3. The molecule has 2 rings (SSSR count). The summed E-state index contributed by atoms with van der Waals surface area (Å²) in [4.78, 5) is 0. The van der Waals surface area contributed by atoms with Crippen molar-refractivity contribution in [3.8, 4) is 0 Å². The first-order chi connectivity index (χ1) is 9.79. The monoisotopic (exact) mass is 291 g/mol. The van der Waals surface area contributed by atoms with Crippen LogP contribution in [0, 0.1) is 17.3 Å². The number of aromatic nitrogens is 2. The van der Waals surface area contributed by atoms with Crippen LogP contribution in [0.3, 0.4) is 0 Å². The highest BCUT2D eigenvalue weighted by Crippen LogP contribution is 2.46. The van der Waals surface area contributed by atoms with Gasteiger partial charge in [0.1, 0.15) is 0 Å². The molecule has 1 heterocycles. The minimum atomic E-state index is 0.410. The maximum Gasteiger partial charge on any atom is 0.0492 e. The van der Waals surface area contributed by atoms with E-state index in [1.54, 1.807) is 0 Å². The summed E-state index contributed by atoms with van der Waals surface area (Å²) in [6.07, 6.45) is 5.94. The van der Waals surface area contributed by atoms with Crippen molar-refractivity contribution in [2.45, 2.75) is 65.8 Å². The van der Waals surface area contributed by atoms with Gasteiger partial charge in [-0.25, -0.2) is 0 Å². The second kappa shape index (κ2) is 6.51. The number of hydrogen-bond donors (Lipinski definition) is 1. The minimum absolute atomic E-state index is 0.410. The van der Waals surface area contributed by atoms with Gasteiger partial charge in [0.05, 0.1) is 0 Å². The molecule has 1 aromatic heterocycles. The van der Waals surface area contributed by atoms with E-state index in [1.807, 2.05) is 6.20 Å². The van der Waals surface area contributed by atoms with Gasteiger partial charge in [0.25, 0.3) is 0 Å². The quantitative estimate of drug-likeness (QED) is 0.910. The molecule has 1 N–H and O–H groups in total. The molecule has 0 radical (unpaired) electrons. The fraction of sp³-hybridized carbons (Fsp3) is 0.833. The molecule has 0 bridgehead atoms. The SMILES string of the molecule is CC(C)NCC1CCC(C(C)(C)C)CC1c1ccnn1C. The lowest BCUT2D eigenvalue weighted by Crippen LogP contribution is -2.38. The zero-order chi connectivity index (χ0) is 15.6. The van der Waals surface area contributed by atoms with Gasteiger partial charge >= 0.3 is 0 Å². The molecule has 3 unspecified atom stereocenters. The van der Waals surface area contributed by atoms with E-state index in [-0.39, 0.29) is 0 Å². The summed E-state index contributed by atoms with van der Waals surface area (Å²) in [6, 6.07) is 2.79. The lowest BCUT2D eigenvalue weighted by atomic mass is 9.64. The second-order valence-corrected chi connectivity index (χ2v) is 8.19. The van der Waals surface area contributed by atoms with Crippen molar-refractivity contribution >= 4 is 0 Å². The van der Waals surface area contributed by atoms with Crippen LogP contribution in [0.4, 0.5) is 0 Å². The molecule has 0 spiro atoms. The van der Waals surface area contributed by atoms with Gasteiger partial charge in [-0.1, -0.05) is 34.6 Å². The molecule has 1 aliphatic rings. The fourth-order valence-corrected chi connectivity index (χ4v) is 3.76. The summed E-state index contributed by atoms with van der Waals surface area (Å²) in [5.41, 5.74) is 1.83. The van der Waals surface area contributed by atoms with E-state index in [1.165, 1.54) is 25.0 Å². The first-order valence-corrected chi connectivity index (χ1v) is 8.50. The van der Waals surface area contributed by atoms with Crippen LogP contribution in [0.5, 0.6) is 0 Å². The Morgan fingerprint density at radius 2 is 2.05 bits per heavy atom. The zero-order valence-corrected chi connectivity index (χ0v) is 14.7. The van der Waals surface area contributed by atoms with E-state index in [9.17, 15) is 0 Å². The van der Waals surface area contributed by atoms with Crippen LogP contribution in [0.2, 0.25) is 0 Å². The maximum absolute atomic E-state index is 4.40. The molecule has 120 valence electrons. The van der Waals surface area contributed by atoms with Crippen molar-refractivity contribution in [3.05, 3.63) is 18.0 Å². The number of nitrogens with one attached hydrogen (secondary N) is 1. The van der Waals surface area contributed by atoms with Crippen molar-refractivity contribution in [1.29, 1.82) is 0 Å². The van der Waals surface area contributed by atoms with Crippen LogP contribution in [0.25, 0.3) is 0 Å². The number of hydrogen-bond acceptors (Lipinski definition) is 2. The number of nitrogens with zero attached hydrogens (tertiary/aromatic N) is 2. The molecular formula is C18H33N3. The molecule has 0 saturated heterocycles. The summed E-state index contributed by atoms with van der Waals surface area (Å²) >= 11 is 0. The van der Waals surface area contributed by atoms with Gasteiger partial charge in [-0.05, 0) is 49.1 Å². The molecule has 1 aromatic rings. The van der Waals surface area contributed by atoms with Gasteiger partial charge in [0, 0.05) is 30.9 Å². The average Bonchev–Trinajstić information content (AvgIpc) is 2.81. The van der Waals surface area contributed by atoms with Crippen molar-refractivity contribution in [2.75, 3.05) is 6.54 Å². The van der Waals surface area contributed by atoms with Gasteiger partial charge in [-0.2, -0.15) is 5.10 Å². The third-order valence-electron chi connectivity index (χ3n) is 5.25. The van der Waals surface area contributed by atoms with Crippen molar-refractivity contribution in [2.24, 2.45) is 24.3 Å². The molecule has 1 saturated carbocycles. The Morgan fingerprint density at radius 3 is 2.57 bits per heavy atom. The van der Waals surface area contributed by atoms with Crippen LogP contribution in [0.1, 0.15) is 65.5 Å². The fourth-order valence-electron chi connectivity index (χ4n) is 3.76. The van der Waals surface area contributed by atoms with E-state index in [2.05, 4.69) is 62.8 Å². The summed E-state index contributed by atoms with van der Waals surface area (Å²) in [6.45, 7) is 12.8.